The van der Waals surface area contributed by atoms with Gasteiger partial charge in [-0.2, -0.15) is 0 Å². The molecule has 1 aliphatic rings. The number of nitrogens with one attached hydrogen (secondary N) is 2. The van der Waals surface area contributed by atoms with Gasteiger partial charge in [0.1, 0.15) is 0 Å². The molecular weight excluding hydrogens is 500 g/mol. The maximum atomic E-state index is 12.2. The Bertz CT molecular complexity index is 955. The number of benzene rings is 1. The van der Waals surface area contributed by atoms with Gasteiger partial charge in [0.25, 0.3) is 0 Å². The van der Waals surface area contributed by atoms with E-state index in [-0.39, 0.29) is 17.2 Å². The van der Waals surface area contributed by atoms with Crippen molar-refractivity contribution in [1.29, 1.82) is 0 Å². The fourth-order valence-corrected chi connectivity index (χ4v) is 4.60. The molecule has 2 heterocycles. The molecule has 0 saturated heterocycles. The summed E-state index contributed by atoms with van der Waals surface area (Å²) in [6.07, 6.45) is 1.38. The van der Waals surface area contributed by atoms with E-state index in [2.05, 4.69) is 37.9 Å². The Kier molecular flexibility index (Phi) is 5.38. The van der Waals surface area contributed by atoms with Crippen LogP contribution in [0, 0.1) is 3.57 Å². The molecular formula is C16H12AsIN3O4. The molecule has 0 aliphatic carbocycles. The maximum absolute atomic E-state index is 12.2. The van der Waals surface area contributed by atoms with Crippen molar-refractivity contribution in [2.75, 3.05) is 7.11 Å². The van der Waals surface area contributed by atoms with Gasteiger partial charge in [0.05, 0.1) is 0 Å². The third-order valence-corrected chi connectivity index (χ3v) is 6.10. The van der Waals surface area contributed by atoms with Gasteiger partial charge in [0.15, 0.2) is 0 Å². The predicted molar refractivity (Wildman–Crippen MR) is 100 cm³/mol. The van der Waals surface area contributed by atoms with Crippen molar-refractivity contribution < 1.29 is 14.3 Å². The summed E-state index contributed by atoms with van der Waals surface area (Å²) in [6.45, 7) is 0. The van der Waals surface area contributed by atoms with Crippen LogP contribution in [-0.4, -0.2) is 44.6 Å². The molecule has 0 spiro atoms. The number of rotatable bonds is 4. The number of carbonyl (C=O) groups is 2. The molecule has 0 atom stereocenters. The summed E-state index contributed by atoms with van der Waals surface area (Å²) < 4.78 is 5.82. The number of fused-ring (bicyclic) bond motifs is 1. The van der Waals surface area contributed by atoms with E-state index < -0.39 is 21.7 Å². The Labute approximate surface area is 163 Å². The SMILES string of the molecule is COc1cnc(C[As]C=C2C(=O)NC(=O)c3ccc(I)cc32)[nH]c1=O. The van der Waals surface area contributed by atoms with E-state index in [1.54, 1.807) is 6.07 Å². The first-order valence-corrected chi connectivity index (χ1v) is 10.6. The second-order valence-electron chi connectivity index (χ2n) is 5.08. The number of hydrogen-bond donors (Lipinski definition) is 2. The Hall–Kier alpha value is -1.93. The van der Waals surface area contributed by atoms with Gasteiger partial charge in [0, 0.05) is 0 Å². The van der Waals surface area contributed by atoms with Crippen molar-refractivity contribution >= 4 is 55.7 Å². The van der Waals surface area contributed by atoms with Crippen LogP contribution in [0.3, 0.4) is 0 Å². The van der Waals surface area contributed by atoms with Crippen molar-refractivity contribution in [3.8, 4) is 5.75 Å². The molecule has 0 saturated carbocycles. The topological polar surface area (TPSA) is 101 Å². The molecule has 127 valence electrons. The Morgan fingerprint density at radius 2 is 2.04 bits per heavy atom. The average molecular weight is 512 g/mol. The molecule has 0 fully saturated rings. The number of hydrogen-bond acceptors (Lipinski definition) is 5. The zero-order chi connectivity index (χ0) is 18.0. The standard InChI is InChI=1S/C16H12AsIN3O4/c1-25-12-7-19-13(20-16(12)24)6-17-5-11-10-4-8(18)2-3-9(10)14(22)21-15(11)23/h2-5,7H,6H2,1H3,(H,19,20,24)(H,21,22,23). The van der Waals surface area contributed by atoms with Crippen molar-refractivity contribution in [2.45, 2.75) is 5.21 Å². The normalized spacial score (nSPS) is 15.5. The van der Waals surface area contributed by atoms with Crippen molar-refractivity contribution in [3.05, 3.63) is 60.1 Å². The summed E-state index contributed by atoms with van der Waals surface area (Å²) in [7, 11) is 1.41. The van der Waals surface area contributed by atoms with Crippen LogP contribution < -0.4 is 15.6 Å². The van der Waals surface area contributed by atoms with Crippen LogP contribution in [-0.2, 0) is 10.0 Å². The molecule has 1 aromatic heterocycles. The number of H-pyrrole nitrogens is 1. The summed E-state index contributed by atoms with van der Waals surface area (Å²) in [5.41, 5.74) is 1.29. The molecule has 7 nitrogen and oxygen atoms in total. The summed E-state index contributed by atoms with van der Waals surface area (Å²) in [5.74, 6) is -0.0817. The van der Waals surface area contributed by atoms with Gasteiger partial charge in [0.2, 0.25) is 0 Å². The van der Waals surface area contributed by atoms with Gasteiger partial charge in [-0.05, 0) is 0 Å². The van der Waals surface area contributed by atoms with Gasteiger partial charge in [-0.1, -0.05) is 0 Å². The molecule has 1 aromatic carbocycles. The van der Waals surface area contributed by atoms with Gasteiger partial charge in [-0.25, -0.2) is 0 Å². The van der Waals surface area contributed by atoms with E-state index in [1.165, 1.54) is 13.3 Å². The number of carbonyl (C=O) groups excluding carboxylic acids is 2. The number of methoxy groups -OCH3 is 1. The molecule has 2 amide bonds. The second kappa shape index (κ2) is 7.53. The van der Waals surface area contributed by atoms with E-state index in [9.17, 15) is 14.4 Å². The van der Waals surface area contributed by atoms with Crippen LogP contribution >= 0.6 is 22.6 Å². The molecule has 0 unspecified atom stereocenters. The molecule has 9 heteroatoms. The van der Waals surface area contributed by atoms with Gasteiger partial charge < -0.3 is 0 Å². The molecule has 1 radical (unpaired) electrons. The van der Waals surface area contributed by atoms with Crippen molar-refractivity contribution in [1.82, 2.24) is 15.3 Å². The molecule has 25 heavy (non-hydrogen) atoms. The third-order valence-electron chi connectivity index (χ3n) is 3.49. The first kappa shape index (κ1) is 17.9. The fraction of sp³-hybridized carbons (Fsp3) is 0.125. The predicted octanol–water partition coefficient (Wildman–Crippen LogP) is 0.898. The Balaban J connectivity index is 1.84. The van der Waals surface area contributed by atoms with E-state index in [0.29, 0.717) is 27.7 Å². The van der Waals surface area contributed by atoms with Gasteiger partial charge >= 0.3 is 164 Å². The fourth-order valence-electron chi connectivity index (χ4n) is 2.29. The Morgan fingerprint density at radius 3 is 2.76 bits per heavy atom. The van der Waals surface area contributed by atoms with E-state index >= 15 is 0 Å². The Morgan fingerprint density at radius 1 is 1.24 bits per heavy atom. The number of amides is 2. The van der Waals surface area contributed by atoms with E-state index in [1.807, 2.05) is 17.0 Å². The first-order valence-electron chi connectivity index (χ1n) is 7.14. The van der Waals surface area contributed by atoms with Crippen LogP contribution in [0.2, 0.25) is 0 Å². The van der Waals surface area contributed by atoms with Crippen LogP contribution in [0.4, 0.5) is 0 Å². The summed E-state index contributed by atoms with van der Waals surface area (Å²) in [6, 6.07) is 5.37. The molecule has 1 aliphatic heterocycles. The molecule has 3 rings (SSSR count). The van der Waals surface area contributed by atoms with Crippen LogP contribution in [0.15, 0.2) is 34.1 Å². The van der Waals surface area contributed by atoms with Crippen LogP contribution in [0.1, 0.15) is 21.7 Å². The minimum atomic E-state index is -0.435. The first-order chi connectivity index (χ1) is 12.0. The third kappa shape index (κ3) is 3.85. The van der Waals surface area contributed by atoms with Crippen molar-refractivity contribution in [2.24, 2.45) is 0 Å². The van der Waals surface area contributed by atoms with E-state index in [0.717, 1.165) is 3.57 Å². The van der Waals surface area contributed by atoms with E-state index in [4.69, 9.17) is 4.74 Å². The molecule has 2 aromatic rings. The zero-order valence-corrected chi connectivity index (χ0v) is 17.0. The average Bonchev–Trinajstić information content (AvgIpc) is 2.57. The quantitative estimate of drug-likeness (QED) is 0.275. The number of imide groups is 1. The number of nitrogens with zero attached hydrogens (tertiary/aromatic N) is 1. The van der Waals surface area contributed by atoms with Crippen LogP contribution in [0.25, 0.3) is 5.57 Å². The monoisotopic (exact) mass is 512 g/mol. The molecule has 2 N–H and O–H groups in total. The van der Waals surface area contributed by atoms with Crippen molar-refractivity contribution in [3.63, 3.8) is 0 Å². The zero-order valence-electron chi connectivity index (χ0n) is 13.0. The number of aromatic nitrogens is 2. The second-order valence-corrected chi connectivity index (χ2v) is 8.30. The summed E-state index contributed by atoms with van der Waals surface area (Å²) >= 11 is 1.71. The number of ether oxygens (including phenoxy) is 1. The van der Waals surface area contributed by atoms with Crippen LogP contribution in [0.5, 0.6) is 5.75 Å². The van der Waals surface area contributed by atoms with Gasteiger partial charge in [-0.3, -0.25) is 0 Å². The summed E-state index contributed by atoms with van der Waals surface area (Å²) in [5, 5.41) is 2.90. The minimum absolute atomic E-state index is 0.159. The molecule has 0 bridgehead atoms. The number of aromatic amines is 1. The number of halogens is 1. The van der Waals surface area contributed by atoms with Gasteiger partial charge in [-0.15, -0.1) is 0 Å². The summed E-state index contributed by atoms with van der Waals surface area (Å²) in [4.78, 5) is 44.5.